The molecule has 2 heterocycles. The Morgan fingerprint density at radius 1 is 1.44 bits per heavy atom. The molecule has 2 N–H and O–H groups in total. The van der Waals surface area contributed by atoms with Gasteiger partial charge in [-0.15, -0.1) is 0 Å². The molecule has 1 aliphatic rings. The van der Waals surface area contributed by atoms with E-state index in [4.69, 9.17) is 5.73 Å². The Morgan fingerprint density at radius 2 is 2.28 bits per heavy atom. The Labute approximate surface area is 148 Å². The predicted octanol–water partition coefficient (Wildman–Crippen LogP) is 2.17. The molecule has 0 amide bonds. The molecule has 25 heavy (non-hydrogen) atoms. The zero-order valence-corrected chi connectivity index (χ0v) is 14.3. The lowest BCUT2D eigenvalue weighted by atomic mass is 9.93. The highest BCUT2D eigenvalue weighted by Gasteiger charge is 2.29. The number of fused-ring (bicyclic) bond motifs is 1. The summed E-state index contributed by atoms with van der Waals surface area (Å²) in [7, 11) is 0. The lowest BCUT2D eigenvalue weighted by Crippen LogP contribution is -2.51. The first-order valence-corrected chi connectivity index (χ1v) is 8.23. The second kappa shape index (κ2) is 6.92. The number of nitrogens with zero attached hydrogens (tertiary/aromatic N) is 2. The van der Waals surface area contributed by atoms with Crippen molar-refractivity contribution in [3.8, 4) is 11.8 Å². The average Bonchev–Trinajstić information content (AvgIpc) is 2.63. The number of carbonyl (C=O) groups is 1. The van der Waals surface area contributed by atoms with E-state index in [-0.39, 0.29) is 0 Å². The van der Waals surface area contributed by atoms with Crippen molar-refractivity contribution in [3.63, 3.8) is 0 Å². The standard InChI is InChI=1S/C21H21N3O/c1-16-5-6-20-17(2)24(11-8-19(20)12-16)14-21(22,15-25)9-7-18-4-3-10-23-13-18/h3-6,10,12-13,15H,2,8,11,14,22H2,1H3. The third kappa shape index (κ3) is 3.78. The number of rotatable bonds is 3. The number of benzene rings is 1. The van der Waals surface area contributed by atoms with Crippen molar-refractivity contribution >= 4 is 12.0 Å². The van der Waals surface area contributed by atoms with Crippen LogP contribution >= 0.6 is 0 Å². The molecule has 1 atom stereocenters. The molecule has 0 spiro atoms. The van der Waals surface area contributed by atoms with E-state index in [1.54, 1.807) is 18.5 Å². The van der Waals surface area contributed by atoms with Crippen molar-refractivity contribution in [1.29, 1.82) is 0 Å². The number of carbonyl (C=O) groups excluding carboxylic acids is 1. The first kappa shape index (κ1) is 16.9. The van der Waals surface area contributed by atoms with Gasteiger partial charge in [0.1, 0.15) is 0 Å². The predicted molar refractivity (Wildman–Crippen MR) is 99.6 cm³/mol. The summed E-state index contributed by atoms with van der Waals surface area (Å²) in [5.41, 5.74) is 10.3. The molecule has 126 valence electrons. The van der Waals surface area contributed by atoms with Gasteiger partial charge in [0.05, 0.1) is 6.54 Å². The van der Waals surface area contributed by atoms with Gasteiger partial charge in [0, 0.05) is 35.8 Å². The van der Waals surface area contributed by atoms with Crippen LogP contribution in [0.15, 0.2) is 49.3 Å². The minimum absolute atomic E-state index is 0.315. The van der Waals surface area contributed by atoms with E-state index in [1.807, 2.05) is 11.0 Å². The summed E-state index contributed by atoms with van der Waals surface area (Å²) < 4.78 is 0. The molecule has 0 aliphatic carbocycles. The second-order valence-corrected chi connectivity index (χ2v) is 6.43. The first-order valence-electron chi connectivity index (χ1n) is 8.23. The molecular weight excluding hydrogens is 310 g/mol. The average molecular weight is 331 g/mol. The minimum atomic E-state index is -1.25. The minimum Gasteiger partial charge on any atom is -0.368 e. The van der Waals surface area contributed by atoms with Crippen molar-refractivity contribution in [2.75, 3.05) is 13.1 Å². The van der Waals surface area contributed by atoms with Gasteiger partial charge in [0.25, 0.3) is 0 Å². The van der Waals surface area contributed by atoms with Crippen LogP contribution in [0.4, 0.5) is 0 Å². The summed E-state index contributed by atoms with van der Waals surface area (Å²) in [5.74, 6) is 5.84. The zero-order valence-electron chi connectivity index (χ0n) is 14.3. The van der Waals surface area contributed by atoms with Gasteiger partial charge in [-0.25, -0.2) is 0 Å². The third-order valence-electron chi connectivity index (χ3n) is 4.37. The number of nitrogens with two attached hydrogens (primary N) is 1. The van der Waals surface area contributed by atoms with E-state index in [9.17, 15) is 4.79 Å². The summed E-state index contributed by atoms with van der Waals surface area (Å²) in [6.45, 7) is 7.37. The van der Waals surface area contributed by atoms with E-state index >= 15 is 0 Å². The fourth-order valence-electron chi connectivity index (χ4n) is 2.99. The lowest BCUT2D eigenvalue weighted by molar-refractivity contribution is -0.110. The highest BCUT2D eigenvalue weighted by Crippen LogP contribution is 2.28. The molecule has 3 rings (SSSR count). The topological polar surface area (TPSA) is 59.2 Å². The molecule has 2 aromatic rings. The lowest BCUT2D eigenvalue weighted by Gasteiger charge is -2.36. The van der Waals surface area contributed by atoms with Crippen molar-refractivity contribution in [2.45, 2.75) is 18.9 Å². The molecule has 1 aliphatic heterocycles. The largest absolute Gasteiger partial charge is 0.368 e. The van der Waals surface area contributed by atoms with E-state index in [0.717, 1.165) is 29.8 Å². The van der Waals surface area contributed by atoms with Crippen LogP contribution in [0, 0.1) is 18.8 Å². The number of pyridine rings is 1. The Bertz CT molecular complexity index is 864. The maximum Gasteiger partial charge on any atom is 0.153 e. The molecule has 0 saturated heterocycles. The molecule has 1 unspecified atom stereocenters. The van der Waals surface area contributed by atoms with Gasteiger partial charge < -0.3 is 15.4 Å². The molecule has 0 fully saturated rings. The van der Waals surface area contributed by atoms with Gasteiger partial charge in [0.15, 0.2) is 11.8 Å². The monoisotopic (exact) mass is 331 g/mol. The summed E-state index contributed by atoms with van der Waals surface area (Å²) in [4.78, 5) is 17.7. The Hall–Kier alpha value is -2.90. The molecule has 4 heteroatoms. The van der Waals surface area contributed by atoms with Crippen LogP contribution in [0.3, 0.4) is 0 Å². The number of aldehydes is 1. The third-order valence-corrected chi connectivity index (χ3v) is 4.37. The fourth-order valence-corrected chi connectivity index (χ4v) is 2.99. The van der Waals surface area contributed by atoms with Gasteiger partial charge in [-0.2, -0.15) is 0 Å². The van der Waals surface area contributed by atoms with Crippen LogP contribution in [0.2, 0.25) is 0 Å². The van der Waals surface area contributed by atoms with Crippen LogP contribution in [-0.4, -0.2) is 34.8 Å². The summed E-state index contributed by atoms with van der Waals surface area (Å²) in [6, 6.07) is 9.98. The number of hydrogen-bond donors (Lipinski definition) is 1. The Balaban J connectivity index is 1.80. The van der Waals surface area contributed by atoms with Crippen LogP contribution in [0.1, 0.15) is 22.3 Å². The molecule has 1 aromatic heterocycles. The van der Waals surface area contributed by atoms with E-state index in [1.165, 1.54) is 11.1 Å². The van der Waals surface area contributed by atoms with Crippen LogP contribution in [0.5, 0.6) is 0 Å². The molecular formula is C21H21N3O. The molecule has 0 saturated carbocycles. The maximum absolute atomic E-state index is 11.6. The quantitative estimate of drug-likeness (QED) is 0.692. The summed E-state index contributed by atoms with van der Waals surface area (Å²) in [6.07, 6.45) is 4.95. The van der Waals surface area contributed by atoms with Crippen LogP contribution in [-0.2, 0) is 11.2 Å². The van der Waals surface area contributed by atoms with Crippen LogP contribution in [0.25, 0.3) is 5.70 Å². The zero-order chi connectivity index (χ0) is 17.9. The fraction of sp³-hybridized carbons (Fsp3) is 0.238. The first-order chi connectivity index (χ1) is 12.0. The van der Waals surface area contributed by atoms with Gasteiger partial charge >= 0.3 is 0 Å². The van der Waals surface area contributed by atoms with E-state index < -0.39 is 5.54 Å². The molecule has 4 nitrogen and oxygen atoms in total. The number of hydrogen-bond acceptors (Lipinski definition) is 4. The van der Waals surface area contributed by atoms with Gasteiger partial charge in [-0.1, -0.05) is 42.2 Å². The maximum atomic E-state index is 11.6. The van der Waals surface area contributed by atoms with Gasteiger partial charge in [-0.3, -0.25) is 4.98 Å². The molecule has 0 radical (unpaired) electrons. The smallest absolute Gasteiger partial charge is 0.153 e. The Morgan fingerprint density at radius 3 is 3.00 bits per heavy atom. The van der Waals surface area contributed by atoms with Crippen molar-refractivity contribution in [1.82, 2.24) is 9.88 Å². The van der Waals surface area contributed by atoms with Gasteiger partial charge in [0.2, 0.25) is 0 Å². The normalized spacial score (nSPS) is 15.6. The number of aryl methyl sites for hydroxylation is 1. The molecule has 1 aromatic carbocycles. The van der Waals surface area contributed by atoms with Crippen molar-refractivity contribution < 1.29 is 4.79 Å². The van der Waals surface area contributed by atoms with E-state index in [0.29, 0.717) is 12.8 Å². The number of aromatic nitrogens is 1. The molecule has 0 bridgehead atoms. The van der Waals surface area contributed by atoms with Crippen molar-refractivity contribution in [3.05, 3.63) is 71.6 Å². The summed E-state index contributed by atoms with van der Waals surface area (Å²) >= 11 is 0. The SMILES string of the molecule is C=C1c2ccc(C)cc2CCN1CC(N)(C#Cc1cccnc1)C=O. The van der Waals surface area contributed by atoms with Crippen molar-refractivity contribution in [2.24, 2.45) is 5.73 Å². The Kier molecular flexibility index (Phi) is 4.69. The van der Waals surface area contributed by atoms with Gasteiger partial charge in [-0.05, 0) is 31.0 Å². The van der Waals surface area contributed by atoms with Crippen LogP contribution < -0.4 is 5.73 Å². The summed E-state index contributed by atoms with van der Waals surface area (Å²) in [5, 5.41) is 0. The second-order valence-electron chi connectivity index (χ2n) is 6.43. The highest BCUT2D eigenvalue weighted by atomic mass is 16.1. The highest BCUT2D eigenvalue weighted by molar-refractivity contribution is 5.73. The van der Waals surface area contributed by atoms with E-state index in [2.05, 4.69) is 48.5 Å².